The highest BCUT2D eigenvalue weighted by atomic mass is 16.5. The lowest BCUT2D eigenvalue weighted by molar-refractivity contribution is -0.136. The van der Waals surface area contributed by atoms with Gasteiger partial charge in [0, 0.05) is 11.8 Å². The molecule has 0 fully saturated rings. The second-order valence-electron chi connectivity index (χ2n) is 6.28. The van der Waals surface area contributed by atoms with Crippen molar-refractivity contribution in [2.24, 2.45) is 0 Å². The van der Waals surface area contributed by atoms with E-state index in [-0.39, 0.29) is 28.6 Å². The van der Waals surface area contributed by atoms with Crippen molar-refractivity contribution in [3.05, 3.63) is 64.9 Å². The number of aromatic hydroxyl groups is 1. The third-order valence-electron chi connectivity index (χ3n) is 4.62. The quantitative estimate of drug-likeness (QED) is 0.618. The molecule has 1 N–H and O–H groups in total. The minimum atomic E-state index is -0.613. The summed E-state index contributed by atoms with van der Waals surface area (Å²) in [5, 5.41) is 9.79. The maximum Gasteiger partial charge on any atom is 0.340 e. The lowest BCUT2D eigenvalue weighted by Gasteiger charge is -2.18. The molecular formula is C22H21NO6. The van der Waals surface area contributed by atoms with Gasteiger partial charge in [0.05, 0.1) is 38.2 Å². The molecule has 0 bridgehead atoms. The highest BCUT2D eigenvalue weighted by Crippen LogP contribution is 2.37. The minimum absolute atomic E-state index is 0.0229. The monoisotopic (exact) mass is 395 g/mol. The highest BCUT2D eigenvalue weighted by Gasteiger charge is 2.38. The van der Waals surface area contributed by atoms with E-state index in [1.807, 2.05) is 0 Å². The van der Waals surface area contributed by atoms with Crippen LogP contribution in [0.3, 0.4) is 0 Å². The molecule has 1 amide bonds. The first-order chi connectivity index (χ1) is 13.9. The third-order valence-corrected chi connectivity index (χ3v) is 4.62. The van der Waals surface area contributed by atoms with Gasteiger partial charge in [0.15, 0.2) is 11.5 Å². The second kappa shape index (κ2) is 8.10. The Bertz CT molecular complexity index is 1040. The van der Waals surface area contributed by atoms with Crippen molar-refractivity contribution in [1.82, 2.24) is 0 Å². The van der Waals surface area contributed by atoms with Gasteiger partial charge in [-0.25, -0.2) is 4.79 Å². The lowest BCUT2D eigenvalue weighted by atomic mass is 10.0. The van der Waals surface area contributed by atoms with E-state index in [9.17, 15) is 14.7 Å². The number of carbonyl (C=O) groups is 2. The van der Waals surface area contributed by atoms with E-state index in [1.165, 1.54) is 32.3 Å². The Kier molecular flexibility index (Phi) is 5.59. The van der Waals surface area contributed by atoms with Crippen LogP contribution in [-0.4, -0.2) is 38.3 Å². The van der Waals surface area contributed by atoms with Crippen LogP contribution in [0, 0.1) is 0 Å². The molecule has 0 saturated heterocycles. The highest BCUT2D eigenvalue weighted by molar-refractivity contribution is 6.23. The SMILES string of the molecule is COC(=O)C1=C(C)N(c2cccc(OC)c2)C(=O)/C1=C\c1ccc(O)c(OC)c1. The van der Waals surface area contributed by atoms with E-state index in [4.69, 9.17) is 14.2 Å². The van der Waals surface area contributed by atoms with E-state index in [0.717, 1.165) is 0 Å². The molecule has 1 aliphatic heterocycles. The van der Waals surface area contributed by atoms with Gasteiger partial charge in [0.25, 0.3) is 5.91 Å². The number of esters is 1. The van der Waals surface area contributed by atoms with E-state index < -0.39 is 5.97 Å². The van der Waals surface area contributed by atoms with Gasteiger partial charge in [0.1, 0.15) is 5.75 Å². The molecule has 29 heavy (non-hydrogen) atoms. The van der Waals surface area contributed by atoms with Crippen molar-refractivity contribution in [3.63, 3.8) is 0 Å². The Hall–Kier alpha value is -3.74. The number of carbonyl (C=O) groups excluding carboxylic acids is 2. The summed E-state index contributed by atoms with van der Waals surface area (Å²) < 4.78 is 15.3. The van der Waals surface area contributed by atoms with Crippen molar-refractivity contribution in [3.8, 4) is 17.2 Å². The Balaban J connectivity index is 2.14. The molecule has 0 unspecified atom stereocenters. The van der Waals surface area contributed by atoms with E-state index in [1.54, 1.807) is 49.4 Å². The number of amides is 1. The lowest BCUT2D eigenvalue weighted by Crippen LogP contribution is -2.24. The molecule has 150 valence electrons. The number of allylic oxidation sites excluding steroid dienone is 1. The molecule has 0 saturated carbocycles. The van der Waals surface area contributed by atoms with Crippen LogP contribution < -0.4 is 14.4 Å². The zero-order valence-corrected chi connectivity index (χ0v) is 16.6. The first kappa shape index (κ1) is 20.0. The molecule has 3 rings (SSSR count). The summed E-state index contributed by atoms with van der Waals surface area (Å²) in [4.78, 5) is 27.2. The van der Waals surface area contributed by atoms with Crippen LogP contribution in [0.4, 0.5) is 5.69 Å². The number of rotatable bonds is 5. The fraction of sp³-hybridized carbons (Fsp3) is 0.182. The maximum absolute atomic E-state index is 13.3. The van der Waals surface area contributed by atoms with Crippen molar-refractivity contribution < 1.29 is 28.9 Å². The molecular weight excluding hydrogens is 374 g/mol. The smallest absolute Gasteiger partial charge is 0.340 e. The number of anilines is 1. The first-order valence-electron chi connectivity index (χ1n) is 8.78. The van der Waals surface area contributed by atoms with Crippen LogP contribution in [-0.2, 0) is 14.3 Å². The fourth-order valence-electron chi connectivity index (χ4n) is 3.19. The number of hydrogen-bond acceptors (Lipinski definition) is 6. The number of ether oxygens (including phenoxy) is 3. The van der Waals surface area contributed by atoms with Crippen LogP contribution in [0.25, 0.3) is 6.08 Å². The molecule has 0 radical (unpaired) electrons. The van der Waals surface area contributed by atoms with Crippen molar-refractivity contribution in [1.29, 1.82) is 0 Å². The molecule has 0 aliphatic carbocycles. The Morgan fingerprint density at radius 2 is 1.83 bits per heavy atom. The number of methoxy groups -OCH3 is 3. The predicted octanol–water partition coefficient (Wildman–Crippen LogP) is 3.29. The summed E-state index contributed by atoms with van der Waals surface area (Å²) in [5.74, 6) is -0.162. The summed E-state index contributed by atoms with van der Waals surface area (Å²) >= 11 is 0. The van der Waals surface area contributed by atoms with Gasteiger partial charge in [-0.15, -0.1) is 0 Å². The zero-order chi connectivity index (χ0) is 21.1. The molecule has 2 aromatic carbocycles. The Morgan fingerprint density at radius 3 is 2.48 bits per heavy atom. The van der Waals surface area contributed by atoms with Crippen molar-refractivity contribution >= 4 is 23.6 Å². The van der Waals surface area contributed by atoms with Gasteiger partial charge < -0.3 is 19.3 Å². The van der Waals surface area contributed by atoms with Gasteiger partial charge in [-0.05, 0) is 42.8 Å². The number of nitrogens with zero attached hydrogens (tertiary/aromatic N) is 1. The molecule has 0 spiro atoms. The van der Waals surface area contributed by atoms with Crippen LogP contribution >= 0.6 is 0 Å². The van der Waals surface area contributed by atoms with Gasteiger partial charge >= 0.3 is 5.97 Å². The van der Waals surface area contributed by atoms with Crippen LogP contribution in [0.2, 0.25) is 0 Å². The number of phenolic OH excluding ortho intramolecular Hbond substituents is 1. The largest absolute Gasteiger partial charge is 0.504 e. The van der Waals surface area contributed by atoms with Gasteiger partial charge in [-0.1, -0.05) is 12.1 Å². The summed E-state index contributed by atoms with van der Waals surface area (Å²) in [5.41, 5.74) is 1.97. The van der Waals surface area contributed by atoms with Crippen LogP contribution in [0.1, 0.15) is 12.5 Å². The maximum atomic E-state index is 13.3. The Morgan fingerprint density at radius 1 is 1.07 bits per heavy atom. The molecule has 7 nitrogen and oxygen atoms in total. The molecule has 1 heterocycles. The fourth-order valence-corrected chi connectivity index (χ4v) is 3.19. The summed E-state index contributed by atoms with van der Waals surface area (Å²) in [7, 11) is 4.24. The summed E-state index contributed by atoms with van der Waals surface area (Å²) in [6, 6.07) is 11.7. The van der Waals surface area contributed by atoms with Gasteiger partial charge in [-0.2, -0.15) is 0 Å². The van der Waals surface area contributed by atoms with Gasteiger partial charge in [-0.3, -0.25) is 9.69 Å². The van der Waals surface area contributed by atoms with E-state index >= 15 is 0 Å². The number of benzene rings is 2. The molecule has 2 aromatic rings. The molecule has 7 heteroatoms. The normalized spacial score (nSPS) is 15.1. The average Bonchev–Trinajstić information content (AvgIpc) is 2.98. The molecule has 0 atom stereocenters. The Labute approximate surface area is 168 Å². The van der Waals surface area contributed by atoms with Crippen molar-refractivity contribution in [2.45, 2.75) is 6.92 Å². The van der Waals surface area contributed by atoms with E-state index in [0.29, 0.717) is 22.7 Å². The third kappa shape index (κ3) is 3.67. The van der Waals surface area contributed by atoms with Gasteiger partial charge in [0.2, 0.25) is 0 Å². The minimum Gasteiger partial charge on any atom is -0.504 e. The second-order valence-corrected chi connectivity index (χ2v) is 6.28. The zero-order valence-electron chi connectivity index (χ0n) is 16.6. The standard InChI is InChI=1S/C22H21NO6/c1-13-20(22(26)29-4)17(10-14-8-9-18(24)19(11-14)28-3)21(25)23(13)15-6-5-7-16(12-15)27-2/h5-12,24H,1-4H3/b17-10-. The average molecular weight is 395 g/mol. The first-order valence-corrected chi connectivity index (χ1v) is 8.78. The number of hydrogen-bond donors (Lipinski definition) is 1. The van der Waals surface area contributed by atoms with Crippen molar-refractivity contribution in [2.75, 3.05) is 26.2 Å². The number of phenols is 1. The van der Waals surface area contributed by atoms with Crippen LogP contribution in [0.5, 0.6) is 17.2 Å². The van der Waals surface area contributed by atoms with Crippen LogP contribution in [0.15, 0.2) is 59.3 Å². The topological polar surface area (TPSA) is 85.3 Å². The summed E-state index contributed by atoms with van der Waals surface area (Å²) in [6.45, 7) is 1.68. The van der Waals surface area contributed by atoms with E-state index in [2.05, 4.69) is 0 Å². The molecule has 0 aromatic heterocycles. The predicted molar refractivity (Wildman–Crippen MR) is 108 cm³/mol. The molecule has 1 aliphatic rings. The summed E-state index contributed by atoms with van der Waals surface area (Å²) in [6.07, 6.45) is 1.57.